The highest BCUT2D eigenvalue weighted by Crippen LogP contribution is 2.40. The van der Waals surface area contributed by atoms with Crippen LogP contribution < -0.4 is 37.6 Å². The van der Waals surface area contributed by atoms with Crippen LogP contribution in [0.15, 0.2) is 120 Å². The molecule has 11 heterocycles. The maximum Gasteiger partial charge on any atom is 0.407 e. The molecule has 15 atom stereocenters. The van der Waals surface area contributed by atoms with E-state index in [2.05, 4.69) is 61.4 Å². The lowest BCUT2D eigenvalue weighted by molar-refractivity contribution is -0.265. The van der Waals surface area contributed by atoms with Crippen molar-refractivity contribution in [1.82, 2.24) is 74.9 Å². The molecule has 0 spiro atoms. The second-order valence-corrected chi connectivity index (χ2v) is 37.6. The minimum absolute atomic E-state index is 0.00670. The van der Waals surface area contributed by atoms with Gasteiger partial charge in [0.25, 0.3) is 23.6 Å². The molecule has 0 radical (unpaired) electrons. The SMILES string of the molecule is CO[C@H]1C[C@@H]2CC[C@@H](C)[C@@](O)(O2)C(=O)C(=O)N2CCCC[C@H]2C(=O)O[C@H]([C@H](N)C[C@@H]2CC[C@@H](OC(=O)NCc3cnc(N4CCN(C(=O)CCOCCN5CCN(c6ncc(C(=O)NCCOCCC(=O)N7CCc8ccc(-n9nc(-c%10ccc%11oc(N)nc%11c%10)c%10c(N)ncnc%109)cc8C7)cn6)CC5)CC4)nc3)[C@H](OC)C2)CC(=O)[C@H](C)/C=C(\C)[C@@H](O)[C@@H](O)C(=O)[C@H](C)C[C@H](C)/C=C/C=C/C=C/1C. The Kier molecular flexibility index (Phi) is 35.4. The van der Waals surface area contributed by atoms with Gasteiger partial charge in [-0.3, -0.25) is 38.5 Å². The van der Waals surface area contributed by atoms with Gasteiger partial charge < -0.3 is 105 Å². The summed E-state index contributed by atoms with van der Waals surface area (Å²) in [5.41, 5.74) is 27.0. The molecule has 5 amide bonds. The van der Waals surface area contributed by atoms with Gasteiger partial charge in [-0.15, -0.1) is 0 Å². The summed E-state index contributed by atoms with van der Waals surface area (Å²) in [5, 5.41) is 45.9. The number of oxazole rings is 1. The summed E-state index contributed by atoms with van der Waals surface area (Å²) < 4.78 is 49.2. The second kappa shape index (κ2) is 47.8. The zero-order chi connectivity index (χ0) is 98.7. The Bertz CT molecular complexity index is 5600. The van der Waals surface area contributed by atoms with Gasteiger partial charge in [-0.25, -0.2) is 44.2 Å². The van der Waals surface area contributed by atoms with Crippen molar-refractivity contribution in [3.05, 3.63) is 137 Å². The summed E-state index contributed by atoms with van der Waals surface area (Å²) in [6.07, 6.45) is 15.2. The predicted molar refractivity (Wildman–Crippen MR) is 513 cm³/mol. The van der Waals surface area contributed by atoms with Crippen LogP contribution in [0.2, 0.25) is 0 Å². The van der Waals surface area contributed by atoms with Gasteiger partial charge >= 0.3 is 12.1 Å². The number of ketones is 3. The van der Waals surface area contributed by atoms with Crippen LogP contribution in [0, 0.1) is 29.6 Å². The van der Waals surface area contributed by atoms with E-state index in [0.29, 0.717) is 174 Å². The molecule has 0 unspecified atom stereocenters. The summed E-state index contributed by atoms with van der Waals surface area (Å²) in [7, 11) is 3.06. The molecule has 1 saturated carbocycles. The van der Waals surface area contributed by atoms with Crippen LogP contribution in [-0.4, -0.2) is 312 Å². The number of anilines is 4. The Hall–Kier alpha value is -12.0. The third kappa shape index (κ3) is 26.0. The summed E-state index contributed by atoms with van der Waals surface area (Å²) in [4.78, 5) is 168. The van der Waals surface area contributed by atoms with Crippen LogP contribution in [-0.2, 0) is 86.2 Å². The first-order valence-corrected chi connectivity index (χ1v) is 48.4. The number of rotatable bonds is 25. The molecular formula is C99H132N20O20. The van der Waals surface area contributed by atoms with Gasteiger partial charge in [-0.2, -0.15) is 10.1 Å². The Morgan fingerprint density at radius 3 is 2.15 bits per heavy atom. The van der Waals surface area contributed by atoms with Gasteiger partial charge in [0.2, 0.25) is 29.5 Å². The first-order valence-electron chi connectivity index (χ1n) is 48.4. The number of alkyl carbamates (subject to hydrolysis) is 1. The second-order valence-electron chi connectivity index (χ2n) is 37.6. The number of hydrogen-bond acceptors (Lipinski definition) is 34. The number of nitrogens with one attached hydrogen (secondary N) is 2. The Balaban J connectivity index is 0.472. The highest BCUT2D eigenvalue weighted by Gasteiger charge is 2.54. The Labute approximate surface area is 807 Å². The quantitative estimate of drug-likeness (QED) is 0.0132. The molecule has 14 rings (SSSR count). The van der Waals surface area contributed by atoms with Crippen LogP contribution in [0.1, 0.15) is 158 Å². The molecule has 11 N–H and O–H groups in total. The molecule has 40 heteroatoms. The van der Waals surface area contributed by atoms with Crippen molar-refractivity contribution in [2.75, 3.05) is 140 Å². The molecule has 4 saturated heterocycles. The molecular weight excluding hydrogens is 1790 g/mol. The number of nitrogen functional groups attached to an aromatic ring is 2. The summed E-state index contributed by atoms with van der Waals surface area (Å²) in [5.74, 6) is -8.54. The first kappa shape index (κ1) is 103. The number of allylic oxidation sites excluding steroid dienone is 6. The molecule has 7 aromatic rings. The average Bonchev–Trinajstić information content (AvgIpc) is 1.58. The number of aliphatic hydroxyl groups is 3. The van der Waals surface area contributed by atoms with Crippen molar-refractivity contribution >= 4 is 98.9 Å². The van der Waals surface area contributed by atoms with E-state index in [9.17, 15) is 58.5 Å². The van der Waals surface area contributed by atoms with Gasteiger partial charge in [0.05, 0.1) is 74.2 Å². The number of aliphatic hydroxyl groups excluding tert-OH is 2. The van der Waals surface area contributed by atoms with Gasteiger partial charge in [0.1, 0.15) is 59.6 Å². The fourth-order valence-corrected chi connectivity index (χ4v) is 19.4. The predicted octanol–water partition coefficient (Wildman–Crippen LogP) is 6.43. The molecule has 5 fully saturated rings. The van der Waals surface area contributed by atoms with Crippen molar-refractivity contribution in [3.8, 4) is 16.9 Å². The number of benzene rings is 2. The van der Waals surface area contributed by atoms with Gasteiger partial charge in [0, 0.05) is 178 Å². The lowest BCUT2D eigenvalue weighted by Crippen LogP contribution is -2.61. The number of piperazine rings is 2. The van der Waals surface area contributed by atoms with Crippen LogP contribution >= 0.6 is 0 Å². The number of esters is 1. The van der Waals surface area contributed by atoms with Crippen LogP contribution in [0.25, 0.3) is 39.1 Å². The van der Waals surface area contributed by atoms with E-state index >= 15 is 0 Å². The minimum Gasteiger partial charge on any atom is -0.459 e. The number of methoxy groups -OCH3 is 2. The molecule has 7 aliphatic rings. The number of aromatic nitrogens is 9. The van der Waals surface area contributed by atoms with E-state index in [1.54, 1.807) is 51.0 Å². The highest BCUT2D eigenvalue weighted by molar-refractivity contribution is 6.39. The van der Waals surface area contributed by atoms with E-state index < -0.39 is 120 Å². The fraction of sp³-hybridized carbons (Fsp3) is 0.566. The van der Waals surface area contributed by atoms with Gasteiger partial charge in [-0.1, -0.05) is 70.2 Å². The van der Waals surface area contributed by atoms with Crippen LogP contribution in [0.3, 0.4) is 0 Å². The Morgan fingerprint density at radius 2 is 1.42 bits per heavy atom. The van der Waals surface area contributed by atoms with Crippen molar-refractivity contribution in [2.24, 2.45) is 35.3 Å². The number of Topliss-reactive ketones (excluding diaryl/α,β-unsaturated/α-hetero) is 3. The molecule has 6 aliphatic heterocycles. The van der Waals surface area contributed by atoms with E-state index in [1.165, 1.54) is 38.8 Å². The standard InChI is InChI=1S/C99H132N20O20/c1-59-14-10-9-11-15-60(2)79(132-7)50-72-22-17-64(6)99(131,139-72)89(126)93(128)118-29-13-12-16-75(118)94(129)136-80(51-76(120)61(3)45-63(5)87(124)88(125)86(123)62(4)44-59)73(100)46-65-18-23-78(81(47-65)133-8)138-98(130)108-54-66-52-104-96(105-53-66)116-37-35-114(36-38-116)82(121)26-41-135-43-39-113-31-33-115(34-32-113)97-106-55-70(56-107-97)92(127)103-28-42-134-40-27-83(122)117-30-25-67-19-21-71(48-69(67)57-117)119-91-84(90(101)109-58-110-91)85(112-119)68-20-24-77-74(49-68)111-95(102)137-77/h9-11,14-15,19-21,24,45,48-49,52-53,55-56,58-59,61-62,64-65,72-73,75,78-81,87-88,124-125,131H,12-13,16-18,22-23,25-44,46-47,50-51,54,57,100H2,1-8H3,(H2,102,111)(H,103,127)(H,108,130)(H2,101,109,110)/b11-9+,14-10+,60-15+,63-45+/t59-,61-,62-,64-,65+,72+,73-,75+,78-,79+,80+,81-,87-,88+,99-/m1/s1. The van der Waals surface area contributed by atoms with E-state index in [0.717, 1.165) is 45.9 Å². The van der Waals surface area contributed by atoms with Gasteiger partial charge in [0.15, 0.2) is 17.0 Å². The van der Waals surface area contributed by atoms with E-state index in [-0.39, 0.29) is 119 Å². The van der Waals surface area contributed by atoms with Crippen molar-refractivity contribution in [1.29, 1.82) is 0 Å². The van der Waals surface area contributed by atoms with Gasteiger partial charge in [-0.05, 0) is 149 Å². The Morgan fingerprint density at radius 1 is 0.698 bits per heavy atom. The van der Waals surface area contributed by atoms with E-state index in [1.807, 2.05) is 83.2 Å². The van der Waals surface area contributed by atoms with Crippen LogP contribution in [0.5, 0.6) is 0 Å². The number of carbonyl (C=O) groups excluding carboxylic acids is 9. The number of fused-ring (bicyclic) bond motifs is 6. The zero-order valence-electron chi connectivity index (χ0n) is 80.5. The number of hydrogen-bond donors (Lipinski definition) is 8. The monoisotopic (exact) mass is 1920 g/mol. The number of ether oxygens (including phenoxy) is 7. The normalized spacial score (nSPS) is 27.1. The van der Waals surface area contributed by atoms with E-state index in [4.69, 9.17) is 59.9 Å². The lowest BCUT2D eigenvalue weighted by Gasteiger charge is -2.42. The topological polar surface area (TPSA) is 522 Å². The first-order chi connectivity index (χ1) is 66.9. The average molecular weight is 1920 g/mol. The summed E-state index contributed by atoms with van der Waals surface area (Å²) >= 11 is 0. The molecule has 2 bridgehead atoms. The molecule has 5 aromatic heterocycles. The summed E-state index contributed by atoms with van der Waals surface area (Å²) in [6, 6.07) is 9.28. The molecule has 40 nitrogen and oxygen atoms in total. The number of piperidine rings is 1. The largest absolute Gasteiger partial charge is 0.459 e. The minimum atomic E-state index is -2.52. The molecule has 1 aliphatic carbocycles. The summed E-state index contributed by atoms with van der Waals surface area (Å²) in [6.45, 7) is 18.1. The van der Waals surface area contributed by atoms with Crippen molar-refractivity contribution < 1.29 is 96.0 Å². The molecule has 2 aromatic carbocycles. The number of cyclic esters (lactones) is 1. The van der Waals surface area contributed by atoms with Crippen molar-refractivity contribution in [2.45, 2.75) is 212 Å². The number of nitrogens with zero attached hydrogens (tertiary/aromatic N) is 15. The van der Waals surface area contributed by atoms with Crippen LogP contribution in [0.4, 0.5) is 28.5 Å². The maximum atomic E-state index is 14.7. The smallest absolute Gasteiger partial charge is 0.407 e. The zero-order valence-corrected chi connectivity index (χ0v) is 80.5. The molecule has 139 heavy (non-hydrogen) atoms. The third-order valence-electron chi connectivity index (χ3n) is 27.8. The van der Waals surface area contributed by atoms with Crippen molar-refractivity contribution in [3.63, 3.8) is 0 Å². The number of nitrogens with two attached hydrogens (primary N) is 3. The number of amides is 5. The molecule has 748 valence electrons. The third-order valence-corrected chi connectivity index (χ3v) is 27.8. The lowest BCUT2D eigenvalue weighted by atomic mass is 9.80. The number of carbonyl (C=O) groups is 9. The maximum absolute atomic E-state index is 14.7. The highest BCUT2D eigenvalue weighted by atomic mass is 16.6. The fourth-order valence-electron chi connectivity index (χ4n) is 19.4.